The van der Waals surface area contributed by atoms with Crippen LogP contribution in [0, 0.1) is 0 Å². The minimum absolute atomic E-state index is 0.111. The second-order valence-corrected chi connectivity index (χ2v) is 10.1. The summed E-state index contributed by atoms with van der Waals surface area (Å²) in [6.45, 7) is 4.92. The number of anilines is 1. The molecule has 10 heteroatoms. The Balaban J connectivity index is 2.44. The van der Waals surface area contributed by atoms with E-state index in [1.165, 1.54) is 25.2 Å². The monoisotopic (exact) mass is 491 g/mol. The van der Waals surface area contributed by atoms with E-state index in [0.717, 1.165) is 16.1 Å². The first-order chi connectivity index (χ1) is 16.0. The van der Waals surface area contributed by atoms with Gasteiger partial charge >= 0.3 is 0 Å². The third-order valence-electron chi connectivity index (χ3n) is 5.13. The number of sulfonamides is 1. The molecule has 0 spiro atoms. The van der Waals surface area contributed by atoms with Crippen LogP contribution >= 0.6 is 0 Å². The zero-order valence-electron chi connectivity index (χ0n) is 20.4. The van der Waals surface area contributed by atoms with Crippen LogP contribution in [0.3, 0.4) is 0 Å². The molecular formula is C24H33N3O6S. The van der Waals surface area contributed by atoms with Crippen molar-refractivity contribution in [1.82, 2.24) is 10.2 Å². The number of rotatable bonds is 11. The van der Waals surface area contributed by atoms with Gasteiger partial charge in [0, 0.05) is 18.7 Å². The Morgan fingerprint density at radius 2 is 1.65 bits per heavy atom. The standard InChI is InChI=1S/C24H33N3O6S/c1-17(2)25-24(29)18(3)26(15-19-10-8-7-9-11-19)23(28)16-27(34(6,30)31)21-13-12-20(32-4)14-22(21)33-5/h7-14,17-18H,15-16H2,1-6H3,(H,25,29). The predicted octanol–water partition coefficient (Wildman–Crippen LogP) is 2.41. The lowest BCUT2D eigenvalue weighted by atomic mass is 10.1. The van der Waals surface area contributed by atoms with Crippen molar-refractivity contribution in [1.29, 1.82) is 0 Å². The van der Waals surface area contributed by atoms with Gasteiger partial charge in [0.2, 0.25) is 21.8 Å². The molecule has 2 aromatic rings. The molecule has 2 rings (SSSR count). The molecule has 0 aliphatic heterocycles. The minimum Gasteiger partial charge on any atom is -0.497 e. The number of hydrogen-bond acceptors (Lipinski definition) is 6. The molecule has 2 amide bonds. The van der Waals surface area contributed by atoms with Gasteiger partial charge in [-0.15, -0.1) is 0 Å². The van der Waals surface area contributed by atoms with E-state index >= 15 is 0 Å². The average molecular weight is 492 g/mol. The van der Waals surface area contributed by atoms with Gasteiger partial charge in [-0.1, -0.05) is 30.3 Å². The third-order valence-corrected chi connectivity index (χ3v) is 6.26. The van der Waals surface area contributed by atoms with Crippen molar-refractivity contribution in [3.63, 3.8) is 0 Å². The highest BCUT2D eigenvalue weighted by atomic mass is 32.2. The van der Waals surface area contributed by atoms with Crippen LogP contribution in [0.2, 0.25) is 0 Å². The first-order valence-corrected chi connectivity index (χ1v) is 12.7. The molecule has 1 atom stereocenters. The number of carbonyl (C=O) groups excluding carboxylic acids is 2. The number of nitrogens with one attached hydrogen (secondary N) is 1. The SMILES string of the molecule is COc1ccc(N(CC(=O)N(Cc2ccccc2)C(C)C(=O)NC(C)C)S(C)(=O)=O)c(OC)c1. The normalized spacial score (nSPS) is 12.1. The van der Waals surface area contributed by atoms with E-state index in [2.05, 4.69) is 5.32 Å². The van der Waals surface area contributed by atoms with Crippen molar-refractivity contribution in [2.24, 2.45) is 0 Å². The second-order valence-electron chi connectivity index (χ2n) is 8.15. The van der Waals surface area contributed by atoms with Gasteiger partial charge < -0.3 is 19.7 Å². The summed E-state index contributed by atoms with van der Waals surface area (Å²) < 4.78 is 36.9. The van der Waals surface area contributed by atoms with Gasteiger partial charge in [-0.3, -0.25) is 13.9 Å². The zero-order valence-corrected chi connectivity index (χ0v) is 21.3. The Kier molecular flexibility index (Phi) is 9.31. The Morgan fingerprint density at radius 1 is 1.00 bits per heavy atom. The zero-order chi connectivity index (χ0) is 25.5. The van der Waals surface area contributed by atoms with Crippen LogP contribution in [-0.4, -0.2) is 64.2 Å². The molecule has 1 unspecified atom stereocenters. The van der Waals surface area contributed by atoms with Crippen LogP contribution in [0.25, 0.3) is 0 Å². The van der Waals surface area contributed by atoms with Gasteiger partial charge in [-0.05, 0) is 38.5 Å². The maximum Gasteiger partial charge on any atom is 0.244 e. The van der Waals surface area contributed by atoms with Crippen LogP contribution < -0.4 is 19.1 Å². The highest BCUT2D eigenvalue weighted by Crippen LogP contribution is 2.33. The van der Waals surface area contributed by atoms with E-state index in [1.54, 1.807) is 19.1 Å². The van der Waals surface area contributed by atoms with Crippen molar-refractivity contribution in [3.05, 3.63) is 54.1 Å². The minimum atomic E-state index is -3.87. The van der Waals surface area contributed by atoms with Crippen LogP contribution in [0.5, 0.6) is 11.5 Å². The third kappa shape index (κ3) is 7.11. The summed E-state index contributed by atoms with van der Waals surface area (Å²) in [4.78, 5) is 27.6. The molecule has 0 saturated carbocycles. The van der Waals surface area contributed by atoms with E-state index in [1.807, 2.05) is 44.2 Å². The fourth-order valence-electron chi connectivity index (χ4n) is 3.35. The summed E-state index contributed by atoms with van der Waals surface area (Å²) in [7, 11) is -0.985. The Bertz CT molecular complexity index is 1090. The molecule has 0 saturated heterocycles. The molecule has 1 N–H and O–H groups in total. The largest absolute Gasteiger partial charge is 0.497 e. The Morgan fingerprint density at radius 3 is 2.18 bits per heavy atom. The molecule has 2 aromatic carbocycles. The van der Waals surface area contributed by atoms with E-state index in [-0.39, 0.29) is 29.9 Å². The maximum atomic E-state index is 13.5. The van der Waals surface area contributed by atoms with E-state index in [4.69, 9.17) is 9.47 Å². The molecule has 0 aromatic heterocycles. The number of amides is 2. The predicted molar refractivity (Wildman–Crippen MR) is 131 cm³/mol. The Hall–Kier alpha value is -3.27. The number of methoxy groups -OCH3 is 2. The second kappa shape index (κ2) is 11.7. The molecule has 34 heavy (non-hydrogen) atoms. The number of hydrogen-bond donors (Lipinski definition) is 1. The fourth-order valence-corrected chi connectivity index (χ4v) is 4.21. The molecule has 9 nitrogen and oxygen atoms in total. The molecular weight excluding hydrogens is 458 g/mol. The molecule has 186 valence electrons. The maximum absolute atomic E-state index is 13.5. The molecule has 0 aliphatic carbocycles. The number of carbonyl (C=O) groups is 2. The first-order valence-electron chi connectivity index (χ1n) is 10.8. The fraction of sp³-hybridized carbons (Fsp3) is 0.417. The van der Waals surface area contributed by atoms with Crippen LogP contribution in [0.4, 0.5) is 5.69 Å². The van der Waals surface area contributed by atoms with Gasteiger partial charge in [0.1, 0.15) is 24.1 Å². The van der Waals surface area contributed by atoms with Gasteiger partial charge in [0.15, 0.2) is 0 Å². The summed E-state index contributed by atoms with van der Waals surface area (Å²) in [6.07, 6.45) is 1.01. The van der Waals surface area contributed by atoms with Crippen molar-refractivity contribution in [3.8, 4) is 11.5 Å². The van der Waals surface area contributed by atoms with Gasteiger partial charge in [0.25, 0.3) is 0 Å². The van der Waals surface area contributed by atoms with Crippen molar-refractivity contribution < 1.29 is 27.5 Å². The number of nitrogens with zero attached hydrogens (tertiary/aromatic N) is 2. The molecule has 0 bridgehead atoms. The molecule has 0 aliphatic rings. The number of ether oxygens (including phenoxy) is 2. The van der Waals surface area contributed by atoms with Crippen molar-refractivity contribution >= 4 is 27.5 Å². The summed E-state index contributed by atoms with van der Waals surface area (Å²) in [5.74, 6) is -0.145. The molecule has 0 heterocycles. The quantitative estimate of drug-likeness (QED) is 0.518. The summed E-state index contributed by atoms with van der Waals surface area (Å²) >= 11 is 0. The smallest absolute Gasteiger partial charge is 0.244 e. The lowest BCUT2D eigenvalue weighted by molar-refractivity contribution is -0.139. The highest BCUT2D eigenvalue weighted by Gasteiger charge is 2.31. The summed E-state index contributed by atoms with van der Waals surface area (Å²) in [5.41, 5.74) is 1.01. The summed E-state index contributed by atoms with van der Waals surface area (Å²) in [5, 5.41) is 2.81. The highest BCUT2D eigenvalue weighted by molar-refractivity contribution is 7.92. The van der Waals surface area contributed by atoms with Crippen LogP contribution in [0.1, 0.15) is 26.3 Å². The summed E-state index contributed by atoms with van der Waals surface area (Å²) in [6, 6.07) is 12.9. The van der Waals surface area contributed by atoms with Gasteiger partial charge in [0.05, 0.1) is 26.2 Å². The lowest BCUT2D eigenvalue weighted by Crippen LogP contribution is -2.52. The van der Waals surface area contributed by atoms with E-state index in [0.29, 0.717) is 5.75 Å². The van der Waals surface area contributed by atoms with Crippen molar-refractivity contribution in [2.75, 3.05) is 31.3 Å². The molecule has 0 radical (unpaired) electrons. The Labute approximate surface area is 201 Å². The average Bonchev–Trinajstić information content (AvgIpc) is 2.79. The van der Waals surface area contributed by atoms with Gasteiger partial charge in [-0.25, -0.2) is 8.42 Å². The molecule has 0 fully saturated rings. The lowest BCUT2D eigenvalue weighted by Gasteiger charge is -2.32. The van der Waals surface area contributed by atoms with E-state index in [9.17, 15) is 18.0 Å². The number of benzene rings is 2. The van der Waals surface area contributed by atoms with E-state index < -0.39 is 28.5 Å². The first kappa shape index (κ1) is 27.0. The van der Waals surface area contributed by atoms with Crippen molar-refractivity contribution in [2.45, 2.75) is 39.4 Å². The van der Waals surface area contributed by atoms with Gasteiger partial charge in [-0.2, -0.15) is 0 Å². The van der Waals surface area contributed by atoms with Crippen LogP contribution in [-0.2, 0) is 26.2 Å². The van der Waals surface area contributed by atoms with Crippen LogP contribution in [0.15, 0.2) is 48.5 Å². The topological polar surface area (TPSA) is 105 Å².